The van der Waals surface area contributed by atoms with Crippen molar-refractivity contribution in [2.45, 2.75) is 73.9 Å². The van der Waals surface area contributed by atoms with Gasteiger partial charge in [-0.05, 0) is 148 Å². The van der Waals surface area contributed by atoms with Crippen LogP contribution in [0.15, 0.2) is 65.3 Å². The molecular weight excluding hydrogens is 863 g/mol. The molecule has 0 aliphatic carbocycles. The van der Waals surface area contributed by atoms with Crippen LogP contribution in [0.25, 0.3) is 32.9 Å². The summed E-state index contributed by atoms with van der Waals surface area (Å²) in [5.74, 6) is 0.186. The van der Waals surface area contributed by atoms with Crippen molar-refractivity contribution in [3.8, 4) is 16.9 Å². The molecule has 0 bridgehead atoms. The normalized spacial score (nSPS) is 14.1. The Morgan fingerprint density at radius 2 is 1.72 bits per heavy atom. The van der Waals surface area contributed by atoms with Crippen molar-refractivity contribution >= 4 is 78.5 Å². The van der Waals surface area contributed by atoms with Gasteiger partial charge in [-0.2, -0.15) is 5.10 Å². The van der Waals surface area contributed by atoms with Crippen LogP contribution in [0.1, 0.15) is 86.6 Å². The zero-order valence-electron chi connectivity index (χ0n) is 35.0. The topological polar surface area (TPSA) is 96.4 Å². The zero-order chi connectivity index (χ0) is 42.7. The lowest BCUT2D eigenvalue weighted by Crippen LogP contribution is -2.43. The van der Waals surface area contributed by atoms with Crippen molar-refractivity contribution in [3.05, 3.63) is 126 Å². The number of aromatic nitrogens is 5. The molecular formula is C47H47BrCl2N6O4. The molecule has 1 atom stereocenters. The number of nitrogens with zero attached hydrogens (tertiary/aromatic N) is 6. The summed E-state index contributed by atoms with van der Waals surface area (Å²) in [6.45, 7) is 15.3. The lowest BCUT2D eigenvalue weighted by atomic mass is 9.98. The molecule has 7 aromatic rings. The van der Waals surface area contributed by atoms with E-state index >= 15 is 4.79 Å². The monoisotopic (exact) mass is 908 g/mol. The van der Waals surface area contributed by atoms with Crippen molar-refractivity contribution in [1.29, 1.82) is 0 Å². The van der Waals surface area contributed by atoms with Gasteiger partial charge in [0.2, 0.25) is 0 Å². The number of hydrogen-bond acceptors (Lipinski definition) is 6. The van der Waals surface area contributed by atoms with Gasteiger partial charge in [-0.1, -0.05) is 35.3 Å². The molecule has 5 heterocycles. The van der Waals surface area contributed by atoms with Gasteiger partial charge in [-0.25, -0.2) is 9.78 Å². The molecule has 1 amide bonds. The highest BCUT2D eigenvalue weighted by Gasteiger charge is 2.38. The molecule has 60 heavy (non-hydrogen) atoms. The van der Waals surface area contributed by atoms with Crippen LogP contribution in [-0.2, 0) is 24.8 Å². The van der Waals surface area contributed by atoms with Gasteiger partial charge in [-0.3, -0.25) is 9.48 Å². The Balaban J connectivity index is 1.30. The molecule has 310 valence electrons. The Morgan fingerprint density at radius 1 is 0.967 bits per heavy atom. The molecule has 0 N–H and O–H groups in total. The quantitative estimate of drug-likeness (QED) is 0.0729. The van der Waals surface area contributed by atoms with Gasteiger partial charge in [0, 0.05) is 52.3 Å². The van der Waals surface area contributed by atoms with E-state index in [1.54, 1.807) is 6.92 Å². The van der Waals surface area contributed by atoms with Crippen LogP contribution in [0.5, 0.6) is 5.75 Å². The lowest BCUT2D eigenvalue weighted by Gasteiger charge is -2.35. The van der Waals surface area contributed by atoms with Gasteiger partial charge in [0.05, 0.1) is 52.9 Å². The summed E-state index contributed by atoms with van der Waals surface area (Å²) in [7, 11) is 1.94. The fourth-order valence-corrected chi connectivity index (χ4v) is 9.66. The SMILES string of the molecule is CCOC(=O)c1cc2cc(C)cc(N3C[C@@H](C)n4c(c(CCCOc5cc(C)c(Cl)c(C)c5)c5ccc(Cl)c(-c6c(C)nn(C)c6C)c54)C3=O)c2n1Cc1cccc(Br)n1. The minimum Gasteiger partial charge on any atom is -0.494 e. The van der Waals surface area contributed by atoms with Crippen molar-refractivity contribution in [3.63, 3.8) is 0 Å². The molecule has 1 aliphatic rings. The van der Waals surface area contributed by atoms with E-state index in [9.17, 15) is 4.79 Å². The maximum absolute atomic E-state index is 15.6. The molecule has 0 radical (unpaired) electrons. The van der Waals surface area contributed by atoms with E-state index in [1.165, 1.54) is 0 Å². The van der Waals surface area contributed by atoms with E-state index in [-0.39, 0.29) is 25.1 Å². The van der Waals surface area contributed by atoms with Crippen LogP contribution in [0, 0.1) is 34.6 Å². The number of anilines is 1. The number of carbonyl (C=O) groups is 2. The van der Waals surface area contributed by atoms with Crippen LogP contribution in [-0.4, -0.2) is 55.5 Å². The second kappa shape index (κ2) is 16.4. The summed E-state index contributed by atoms with van der Waals surface area (Å²) < 4.78 is 18.6. The van der Waals surface area contributed by atoms with Crippen molar-refractivity contribution in [1.82, 2.24) is 23.9 Å². The van der Waals surface area contributed by atoms with Gasteiger partial charge in [0.15, 0.2) is 0 Å². The first kappa shape index (κ1) is 41.6. The number of benzene rings is 3. The first-order valence-electron chi connectivity index (χ1n) is 20.2. The highest BCUT2D eigenvalue weighted by Crippen LogP contribution is 2.46. The Labute approximate surface area is 368 Å². The smallest absolute Gasteiger partial charge is 0.354 e. The van der Waals surface area contributed by atoms with E-state index in [0.717, 1.165) is 83.0 Å². The maximum Gasteiger partial charge on any atom is 0.354 e. The molecule has 0 fully saturated rings. The highest BCUT2D eigenvalue weighted by molar-refractivity contribution is 9.10. The summed E-state index contributed by atoms with van der Waals surface area (Å²) in [4.78, 5) is 35.8. The number of fused-ring (bicyclic) bond motifs is 4. The van der Waals surface area contributed by atoms with E-state index in [0.29, 0.717) is 52.7 Å². The number of amides is 1. The third-order valence-corrected chi connectivity index (χ3v) is 12.9. The highest BCUT2D eigenvalue weighted by atomic mass is 79.9. The van der Waals surface area contributed by atoms with E-state index in [2.05, 4.69) is 27.4 Å². The second-order valence-corrected chi connectivity index (χ2v) is 17.4. The minimum absolute atomic E-state index is 0.135. The van der Waals surface area contributed by atoms with Crippen molar-refractivity contribution < 1.29 is 19.1 Å². The molecule has 3 aromatic carbocycles. The Morgan fingerprint density at radius 3 is 2.40 bits per heavy atom. The van der Waals surface area contributed by atoms with Gasteiger partial charge >= 0.3 is 5.97 Å². The molecule has 0 spiro atoms. The largest absolute Gasteiger partial charge is 0.494 e. The standard InChI is InChI=1S/C47H47BrCl2N6O4/c1-9-59-47(58)38-22-31-18-25(2)19-37(43(31)54(38)24-32-12-10-14-39(48)51-32)55-23-28(5)56-44-35(15-16-36(49)41(44)40-29(6)52-53(8)30(40)7)34(45(56)46(55)57)13-11-17-60-33-20-26(3)42(50)27(4)21-33/h10,12,14-16,18-22,28H,9,11,13,17,23-24H2,1-8H3/t28-/m1/s1. The van der Waals surface area contributed by atoms with Gasteiger partial charge in [0.25, 0.3) is 5.91 Å². The minimum atomic E-state index is -0.440. The van der Waals surface area contributed by atoms with Gasteiger partial charge in [-0.15, -0.1) is 0 Å². The third kappa shape index (κ3) is 7.28. The zero-order valence-corrected chi connectivity index (χ0v) is 38.1. The summed E-state index contributed by atoms with van der Waals surface area (Å²) in [5.41, 5.74) is 11.6. The summed E-state index contributed by atoms with van der Waals surface area (Å²) in [5, 5.41) is 7.89. The fraction of sp³-hybridized carbons (Fsp3) is 0.319. The number of pyridine rings is 1. The Kier molecular flexibility index (Phi) is 11.4. The van der Waals surface area contributed by atoms with Crippen LogP contribution >= 0.6 is 39.1 Å². The average molecular weight is 911 g/mol. The summed E-state index contributed by atoms with van der Waals surface area (Å²) in [6, 6.07) is 19.4. The van der Waals surface area contributed by atoms with Gasteiger partial charge < -0.3 is 23.5 Å². The number of hydrogen-bond donors (Lipinski definition) is 0. The Hall–Kier alpha value is -5.10. The molecule has 8 rings (SSSR count). The third-order valence-electron chi connectivity index (χ3n) is 11.5. The molecule has 0 saturated carbocycles. The van der Waals surface area contributed by atoms with Crippen LogP contribution in [0.4, 0.5) is 5.69 Å². The van der Waals surface area contributed by atoms with Gasteiger partial charge in [0.1, 0.15) is 21.7 Å². The second-order valence-electron chi connectivity index (χ2n) is 15.8. The van der Waals surface area contributed by atoms with E-state index in [4.69, 9.17) is 42.8 Å². The predicted molar refractivity (Wildman–Crippen MR) is 243 cm³/mol. The lowest BCUT2D eigenvalue weighted by molar-refractivity contribution is 0.0515. The van der Waals surface area contributed by atoms with E-state index < -0.39 is 5.97 Å². The molecule has 10 nitrogen and oxygen atoms in total. The molecule has 13 heteroatoms. The van der Waals surface area contributed by atoms with Crippen LogP contribution in [0.2, 0.25) is 10.0 Å². The predicted octanol–water partition coefficient (Wildman–Crippen LogP) is 11.5. The molecule has 1 aliphatic heterocycles. The number of aryl methyl sites for hydroxylation is 6. The van der Waals surface area contributed by atoms with Crippen molar-refractivity contribution in [2.75, 3.05) is 24.7 Å². The number of rotatable bonds is 11. The van der Waals surface area contributed by atoms with Crippen LogP contribution < -0.4 is 9.64 Å². The number of esters is 1. The number of ether oxygens (including phenoxy) is 2. The maximum atomic E-state index is 15.6. The summed E-state index contributed by atoms with van der Waals surface area (Å²) >= 11 is 17.2. The summed E-state index contributed by atoms with van der Waals surface area (Å²) in [6.07, 6.45) is 1.22. The number of halogens is 3. The van der Waals surface area contributed by atoms with E-state index in [1.807, 2.05) is 116 Å². The fourth-order valence-electron chi connectivity index (χ4n) is 8.92. The first-order chi connectivity index (χ1) is 28.7. The first-order valence-corrected chi connectivity index (χ1v) is 21.7. The molecule has 0 unspecified atom stereocenters. The van der Waals surface area contributed by atoms with Crippen molar-refractivity contribution in [2.24, 2.45) is 7.05 Å². The Bertz CT molecular complexity index is 2850. The molecule has 0 saturated heterocycles. The number of carbonyl (C=O) groups excluding carboxylic acids is 2. The van der Waals surface area contributed by atoms with Crippen LogP contribution in [0.3, 0.4) is 0 Å². The average Bonchev–Trinajstić information content (AvgIpc) is 3.81. The molecule has 4 aromatic heterocycles.